The third-order valence-corrected chi connectivity index (χ3v) is 1.54. The Hall–Kier alpha value is -0.630. The van der Waals surface area contributed by atoms with E-state index < -0.39 is 5.08 Å². The van der Waals surface area contributed by atoms with Crippen molar-refractivity contribution in [3.05, 3.63) is 42.0 Å². The van der Waals surface area contributed by atoms with Crippen molar-refractivity contribution in [2.24, 2.45) is 0 Å². The second-order valence-corrected chi connectivity index (χ2v) is 2.98. The van der Waals surface area contributed by atoms with E-state index >= 15 is 0 Å². The molecule has 0 nitrogen and oxygen atoms in total. The quantitative estimate of drug-likeness (QED) is 0.663. The number of allylic oxidation sites excluding steroid dienone is 1. The molecule has 0 aliphatic carbocycles. The fourth-order valence-electron chi connectivity index (χ4n) is 0.748. The summed E-state index contributed by atoms with van der Waals surface area (Å²) < 4.78 is 12.2. The van der Waals surface area contributed by atoms with Crippen LogP contribution in [0.2, 0.25) is 0 Å². The first-order valence-corrected chi connectivity index (χ1v) is 4.22. The molecule has 0 aliphatic heterocycles. The minimum atomic E-state index is -1.05. The smallest absolute Gasteiger partial charge is 0.173 e. The highest BCUT2D eigenvalue weighted by Crippen LogP contribution is 2.06. The monoisotopic (exact) mass is 214 g/mol. The molecule has 1 unspecified atom stereocenters. The maximum atomic E-state index is 12.2. The zero-order chi connectivity index (χ0) is 8.10. The lowest BCUT2D eigenvalue weighted by molar-refractivity contribution is 0.530. The highest BCUT2D eigenvalue weighted by molar-refractivity contribution is 9.09. The maximum Gasteiger partial charge on any atom is 0.173 e. The summed E-state index contributed by atoms with van der Waals surface area (Å²) in [6.07, 6.45) is 3.19. The zero-order valence-electron chi connectivity index (χ0n) is 5.87. The van der Waals surface area contributed by atoms with Crippen LogP contribution in [0.3, 0.4) is 0 Å². The van der Waals surface area contributed by atoms with Crippen LogP contribution in [0.1, 0.15) is 5.56 Å². The van der Waals surface area contributed by atoms with Crippen molar-refractivity contribution in [2.45, 2.75) is 5.08 Å². The predicted octanol–water partition coefficient (Wildman–Crippen LogP) is 3.39. The molecule has 0 saturated heterocycles. The summed E-state index contributed by atoms with van der Waals surface area (Å²) in [6.45, 7) is 0. The molecule has 0 spiro atoms. The minimum absolute atomic E-state index is 1.01. The second kappa shape index (κ2) is 4.29. The molecule has 0 radical (unpaired) electrons. The van der Waals surface area contributed by atoms with Gasteiger partial charge in [0.2, 0.25) is 0 Å². The van der Waals surface area contributed by atoms with E-state index in [2.05, 4.69) is 15.9 Å². The first-order valence-electron chi connectivity index (χ1n) is 3.30. The first-order chi connectivity index (χ1) is 5.29. The molecule has 2 heteroatoms. The molecule has 0 aliphatic rings. The van der Waals surface area contributed by atoms with Crippen LogP contribution in [-0.4, -0.2) is 5.08 Å². The van der Waals surface area contributed by atoms with E-state index in [0.717, 1.165) is 5.56 Å². The Morgan fingerprint density at radius 3 is 2.45 bits per heavy atom. The normalized spacial score (nSPS) is 13.6. The Bertz CT molecular complexity index is 229. The molecule has 0 aromatic heterocycles. The van der Waals surface area contributed by atoms with E-state index in [9.17, 15) is 4.39 Å². The van der Waals surface area contributed by atoms with Crippen LogP contribution in [0.5, 0.6) is 0 Å². The summed E-state index contributed by atoms with van der Waals surface area (Å²) in [6, 6.07) is 9.61. The SMILES string of the molecule is FC(Br)/C=C/c1ccccc1. The molecule has 0 N–H and O–H groups in total. The van der Waals surface area contributed by atoms with E-state index in [1.807, 2.05) is 30.3 Å². The van der Waals surface area contributed by atoms with Crippen molar-refractivity contribution in [3.63, 3.8) is 0 Å². The zero-order valence-corrected chi connectivity index (χ0v) is 7.46. The Morgan fingerprint density at radius 2 is 1.91 bits per heavy atom. The summed E-state index contributed by atoms with van der Waals surface area (Å²) in [4.78, 5) is 0. The van der Waals surface area contributed by atoms with E-state index in [1.165, 1.54) is 6.08 Å². The van der Waals surface area contributed by atoms with Gasteiger partial charge < -0.3 is 0 Å². The number of hydrogen-bond acceptors (Lipinski definition) is 0. The molecule has 0 fully saturated rings. The van der Waals surface area contributed by atoms with Crippen LogP contribution in [0.15, 0.2) is 36.4 Å². The summed E-state index contributed by atoms with van der Waals surface area (Å²) in [7, 11) is 0. The van der Waals surface area contributed by atoms with Crippen LogP contribution in [0.4, 0.5) is 4.39 Å². The number of hydrogen-bond donors (Lipinski definition) is 0. The van der Waals surface area contributed by atoms with Gasteiger partial charge in [-0.3, -0.25) is 0 Å². The topological polar surface area (TPSA) is 0 Å². The van der Waals surface area contributed by atoms with Crippen LogP contribution in [-0.2, 0) is 0 Å². The van der Waals surface area contributed by atoms with E-state index in [-0.39, 0.29) is 0 Å². The average Bonchev–Trinajstić information content (AvgIpc) is 2.03. The fraction of sp³-hybridized carbons (Fsp3) is 0.111. The number of benzene rings is 1. The number of alkyl halides is 2. The van der Waals surface area contributed by atoms with Gasteiger partial charge in [-0.25, -0.2) is 4.39 Å². The largest absolute Gasteiger partial charge is 0.230 e. The van der Waals surface area contributed by atoms with Crippen molar-refractivity contribution < 1.29 is 4.39 Å². The highest BCUT2D eigenvalue weighted by Gasteiger charge is 1.89. The Labute approximate surface area is 73.9 Å². The number of rotatable bonds is 2. The molecule has 0 saturated carbocycles. The second-order valence-electron chi connectivity index (χ2n) is 2.10. The van der Waals surface area contributed by atoms with Gasteiger partial charge in [-0.05, 0) is 27.6 Å². The van der Waals surface area contributed by atoms with Crippen molar-refractivity contribution in [1.29, 1.82) is 0 Å². The van der Waals surface area contributed by atoms with Gasteiger partial charge in [0.05, 0.1) is 0 Å². The van der Waals surface area contributed by atoms with Gasteiger partial charge >= 0.3 is 0 Å². The standard InChI is InChI=1S/C9H8BrF/c10-9(11)7-6-8-4-2-1-3-5-8/h1-7,9H/b7-6+. The van der Waals surface area contributed by atoms with Crippen molar-refractivity contribution in [2.75, 3.05) is 0 Å². The fourth-order valence-corrected chi connectivity index (χ4v) is 0.901. The summed E-state index contributed by atoms with van der Waals surface area (Å²) in [5.74, 6) is 0. The molecule has 0 amide bonds. The first kappa shape index (κ1) is 8.47. The van der Waals surface area contributed by atoms with Gasteiger partial charge in [0.15, 0.2) is 5.08 Å². The molecule has 1 atom stereocenters. The Morgan fingerprint density at radius 1 is 1.27 bits per heavy atom. The van der Waals surface area contributed by atoms with Gasteiger partial charge in [0, 0.05) is 0 Å². The predicted molar refractivity (Wildman–Crippen MR) is 49.3 cm³/mol. The van der Waals surface area contributed by atoms with Crippen LogP contribution in [0, 0.1) is 0 Å². The highest BCUT2D eigenvalue weighted by atomic mass is 79.9. The molecule has 1 aromatic carbocycles. The lowest BCUT2D eigenvalue weighted by Crippen LogP contribution is -1.76. The number of halogens is 2. The minimum Gasteiger partial charge on any atom is -0.230 e. The van der Waals surface area contributed by atoms with E-state index in [0.29, 0.717) is 0 Å². The third kappa shape index (κ3) is 3.33. The van der Waals surface area contributed by atoms with Gasteiger partial charge in [-0.15, -0.1) is 0 Å². The van der Waals surface area contributed by atoms with Gasteiger partial charge in [-0.1, -0.05) is 36.4 Å². The Balaban J connectivity index is 2.65. The van der Waals surface area contributed by atoms with Gasteiger partial charge in [0.1, 0.15) is 0 Å². The molecule has 0 bridgehead atoms. The van der Waals surface area contributed by atoms with Crippen molar-refractivity contribution >= 4 is 22.0 Å². The molecule has 11 heavy (non-hydrogen) atoms. The molecular formula is C9H8BrF. The van der Waals surface area contributed by atoms with Crippen LogP contribution >= 0.6 is 15.9 Å². The van der Waals surface area contributed by atoms with E-state index in [1.54, 1.807) is 6.08 Å². The maximum absolute atomic E-state index is 12.2. The summed E-state index contributed by atoms with van der Waals surface area (Å²) >= 11 is 2.78. The molecule has 0 heterocycles. The third-order valence-electron chi connectivity index (χ3n) is 1.23. The Kier molecular flexibility index (Phi) is 3.30. The van der Waals surface area contributed by atoms with Gasteiger partial charge in [-0.2, -0.15) is 0 Å². The summed E-state index contributed by atoms with van der Waals surface area (Å²) in [5, 5.41) is -1.05. The summed E-state index contributed by atoms with van der Waals surface area (Å²) in [5.41, 5.74) is 1.01. The molecular weight excluding hydrogens is 207 g/mol. The average molecular weight is 215 g/mol. The lowest BCUT2D eigenvalue weighted by atomic mass is 10.2. The molecule has 1 rings (SSSR count). The van der Waals surface area contributed by atoms with Gasteiger partial charge in [0.25, 0.3) is 0 Å². The lowest BCUT2D eigenvalue weighted by Gasteiger charge is -1.90. The van der Waals surface area contributed by atoms with Crippen LogP contribution in [0.25, 0.3) is 6.08 Å². The van der Waals surface area contributed by atoms with E-state index in [4.69, 9.17) is 0 Å². The van der Waals surface area contributed by atoms with Crippen molar-refractivity contribution in [3.8, 4) is 0 Å². The molecule has 58 valence electrons. The van der Waals surface area contributed by atoms with Crippen LogP contribution < -0.4 is 0 Å². The van der Waals surface area contributed by atoms with Crippen molar-refractivity contribution in [1.82, 2.24) is 0 Å². The molecule has 1 aromatic rings.